The van der Waals surface area contributed by atoms with Crippen molar-refractivity contribution in [2.45, 2.75) is 0 Å². The molecule has 3 N–H and O–H groups in total. The molecule has 9 heavy (non-hydrogen) atoms. The summed E-state index contributed by atoms with van der Waals surface area (Å²) in [5, 5.41) is 2.60. The summed E-state index contributed by atoms with van der Waals surface area (Å²) in [6.07, 6.45) is 1.38. The van der Waals surface area contributed by atoms with Crippen molar-refractivity contribution >= 4 is 12.6 Å². The highest BCUT2D eigenvalue weighted by Crippen LogP contribution is 1.88. The van der Waals surface area contributed by atoms with Gasteiger partial charge in [-0.1, -0.05) is 0 Å². The van der Waals surface area contributed by atoms with Gasteiger partial charge in [-0.3, -0.25) is 9.79 Å². The maximum atomic E-state index is 10.3. The van der Waals surface area contributed by atoms with Crippen molar-refractivity contribution in [1.29, 1.82) is 0 Å². The van der Waals surface area contributed by atoms with Crippen LogP contribution in [0.4, 0.5) is 0 Å². The van der Waals surface area contributed by atoms with Crippen molar-refractivity contribution in [3.05, 3.63) is 11.9 Å². The molecule has 0 saturated carbocycles. The number of carbonyl (C=O) groups excluding carboxylic acids is 1. The number of amides is 1. The number of nitrogens with one attached hydrogen (secondary N) is 1. The summed E-state index contributed by atoms with van der Waals surface area (Å²) in [4.78, 5) is 13.7. The number of nitrogens with two attached hydrogens (primary N) is 1. The summed E-state index contributed by atoms with van der Waals surface area (Å²) in [5.41, 5.74) is 4.99. The fourth-order valence-electron chi connectivity index (χ4n) is 0.331. The predicted molar refractivity (Wildman–Crippen MR) is 35.9 cm³/mol. The molecule has 0 unspecified atom stereocenters. The molecule has 0 spiro atoms. The molecule has 0 aromatic heterocycles. The van der Waals surface area contributed by atoms with Gasteiger partial charge in [0.1, 0.15) is 5.70 Å². The van der Waals surface area contributed by atoms with E-state index >= 15 is 0 Å². The van der Waals surface area contributed by atoms with Gasteiger partial charge in [0, 0.05) is 13.2 Å². The molecule has 0 radical (unpaired) electrons. The quantitative estimate of drug-likeness (QED) is 0.386. The van der Waals surface area contributed by atoms with Crippen LogP contribution in [0.25, 0.3) is 0 Å². The van der Waals surface area contributed by atoms with Crippen LogP contribution in [0.3, 0.4) is 0 Å². The molecule has 0 aromatic rings. The average molecular weight is 127 g/mol. The summed E-state index contributed by atoms with van der Waals surface area (Å²) in [6, 6.07) is 0. The monoisotopic (exact) mass is 127 g/mol. The van der Waals surface area contributed by atoms with E-state index in [4.69, 9.17) is 5.73 Å². The van der Waals surface area contributed by atoms with Gasteiger partial charge in [-0.15, -0.1) is 0 Å². The number of nitrogens with zero attached hydrogens (tertiary/aromatic N) is 1. The Balaban J connectivity index is 4.14. The van der Waals surface area contributed by atoms with Gasteiger partial charge in [0.05, 0.1) is 0 Å². The van der Waals surface area contributed by atoms with Crippen LogP contribution in [0, 0.1) is 0 Å². The second kappa shape index (κ2) is 3.65. The fourth-order valence-corrected chi connectivity index (χ4v) is 0.331. The Morgan fingerprint density at radius 1 is 1.89 bits per heavy atom. The third-order valence-corrected chi connectivity index (χ3v) is 0.704. The molecule has 0 aromatic carbocycles. The molecule has 0 aliphatic carbocycles. The molecule has 0 heterocycles. The van der Waals surface area contributed by atoms with Gasteiger partial charge in [0.2, 0.25) is 0 Å². The second-order valence-corrected chi connectivity index (χ2v) is 1.34. The third-order valence-electron chi connectivity index (χ3n) is 0.704. The summed E-state index contributed by atoms with van der Waals surface area (Å²) in [7, 11) is 1.65. The zero-order valence-electron chi connectivity index (χ0n) is 5.22. The lowest BCUT2D eigenvalue weighted by atomic mass is 10.5. The minimum atomic E-state index is -0.584. The van der Waals surface area contributed by atoms with Gasteiger partial charge >= 0.3 is 0 Å². The molecular weight excluding hydrogens is 118 g/mol. The van der Waals surface area contributed by atoms with Crippen LogP contribution < -0.4 is 11.1 Å². The van der Waals surface area contributed by atoms with Gasteiger partial charge in [-0.2, -0.15) is 0 Å². The normalized spacial score (nSPS) is 10.6. The SMILES string of the molecule is C=N/C(=C\NC)C(N)=O. The van der Waals surface area contributed by atoms with Crippen molar-refractivity contribution in [1.82, 2.24) is 5.32 Å². The van der Waals surface area contributed by atoms with Crippen molar-refractivity contribution in [3.63, 3.8) is 0 Å². The largest absolute Gasteiger partial charge is 0.392 e. The summed E-state index contributed by atoms with van der Waals surface area (Å²) in [6.45, 7) is 3.14. The van der Waals surface area contributed by atoms with Crippen LogP contribution in [0.15, 0.2) is 16.9 Å². The van der Waals surface area contributed by atoms with Gasteiger partial charge < -0.3 is 11.1 Å². The Morgan fingerprint density at radius 3 is 2.56 bits per heavy atom. The van der Waals surface area contributed by atoms with Crippen molar-refractivity contribution in [2.75, 3.05) is 7.05 Å². The van der Waals surface area contributed by atoms with Crippen LogP contribution >= 0.6 is 0 Å². The molecule has 1 amide bonds. The molecule has 0 atom stereocenters. The number of carbonyl (C=O) groups is 1. The molecule has 0 aliphatic heterocycles. The topological polar surface area (TPSA) is 67.5 Å². The predicted octanol–water partition coefficient (Wildman–Crippen LogP) is -0.767. The molecule has 0 saturated heterocycles. The maximum Gasteiger partial charge on any atom is 0.268 e. The van der Waals surface area contributed by atoms with E-state index in [-0.39, 0.29) is 5.70 Å². The highest BCUT2D eigenvalue weighted by molar-refractivity contribution is 5.92. The van der Waals surface area contributed by atoms with Crippen LogP contribution in [-0.4, -0.2) is 19.7 Å². The van der Waals surface area contributed by atoms with E-state index in [1.54, 1.807) is 7.05 Å². The lowest BCUT2D eigenvalue weighted by Crippen LogP contribution is -2.14. The molecule has 0 rings (SSSR count). The number of primary amides is 1. The van der Waals surface area contributed by atoms with Gasteiger partial charge in [0.25, 0.3) is 5.91 Å². The van der Waals surface area contributed by atoms with Crippen LogP contribution in [-0.2, 0) is 4.79 Å². The second-order valence-electron chi connectivity index (χ2n) is 1.34. The Kier molecular flexibility index (Phi) is 3.12. The van der Waals surface area contributed by atoms with E-state index in [2.05, 4.69) is 17.0 Å². The zero-order chi connectivity index (χ0) is 7.28. The molecule has 0 aliphatic rings. The standard InChI is InChI=1S/C5H9N3O/c1-7-3-4(8-2)5(6)9/h3,7H,2H2,1H3,(H2,6,9)/b4-3-. The van der Waals surface area contributed by atoms with E-state index in [9.17, 15) is 4.79 Å². The molecule has 4 nitrogen and oxygen atoms in total. The number of aliphatic imine (C=N–C) groups is 1. The molecule has 0 fully saturated rings. The summed E-state index contributed by atoms with van der Waals surface area (Å²) in [5.74, 6) is -0.584. The first-order valence-corrected chi connectivity index (χ1v) is 2.36. The first-order chi connectivity index (χ1) is 4.22. The summed E-state index contributed by atoms with van der Waals surface area (Å²) >= 11 is 0. The number of rotatable bonds is 3. The molecule has 4 heteroatoms. The molecule has 50 valence electrons. The van der Waals surface area contributed by atoms with Crippen LogP contribution in [0.2, 0.25) is 0 Å². The van der Waals surface area contributed by atoms with E-state index in [1.807, 2.05) is 0 Å². The number of hydrogen-bond acceptors (Lipinski definition) is 3. The molecular formula is C5H9N3O. The van der Waals surface area contributed by atoms with E-state index < -0.39 is 5.91 Å². The van der Waals surface area contributed by atoms with Crippen LogP contribution in [0.5, 0.6) is 0 Å². The first-order valence-electron chi connectivity index (χ1n) is 2.36. The lowest BCUT2D eigenvalue weighted by molar-refractivity contribution is -0.114. The van der Waals surface area contributed by atoms with Gasteiger partial charge in [0.15, 0.2) is 0 Å². The summed E-state index contributed by atoms with van der Waals surface area (Å²) < 4.78 is 0. The Bertz CT molecular complexity index is 150. The average Bonchev–Trinajstić information content (AvgIpc) is 1.82. The van der Waals surface area contributed by atoms with Crippen molar-refractivity contribution in [2.24, 2.45) is 10.7 Å². The Hall–Kier alpha value is -1.32. The van der Waals surface area contributed by atoms with E-state index in [0.29, 0.717) is 0 Å². The molecule has 0 bridgehead atoms. The minimum Gasteiger partial charge on any atom is -0.392 e. The van der Waals surface area contributed by atoms with E-state index in [0.717, 1.165) is 0 Å². The minimum absolute atomic E-state index is 0.137. The van der Waals surface area contributed by atoms with E-state index in [1.165, 1.54) is 6.20 Å². The number of hydrogen-bond donors (Lipinski definition) is 2. The lowest BCUT2D eigenvalue weighted by Gasteiger charge is -1.91. The van der Waals surface area contributed by atoms with Crippen molar-refractivity contribution < 1.29 is 4.79 Å². The smallest absolute Gasteiger partial charge is 0.268 e. The Morgan fingerprint density at radius 2 is 2.44 bits per heavy atom. The zero-order valence-corrected chi connectivity index (χ0v) is 5.22. The van der Waals surface area contributed by atoms with Gasteiger partial charge in [-0.25, -0.2) is 0 Å². The first kappa shape index (κ1) is 7.68. The highest BCUT2D eigenvalue weighted by Gasteiger charge is 1.97. The highest BCUT2D eigenvalue weighted by atomic mass is 16.1. The maximum absolute atomic E-state index is 10.3. The van der Waals surface area contributed by atoms with Crippen molar-refractivity contribution in [3.8, 4) is 0 Å². The van der Waals surface area contributed by atoms with Crippen LogP contribution in [0.1, 0.15) is 0 Å². The third kappa shape index (κ3) is 2.48. The van der Waals surface area contributed by atoms with Gasteiger partial charge in [-0.05, 0) is 6.72 Å². The fraction of sp³-hybridized carbons (Fsp3) is 0.200. The Labute approximate surface area is 53.5 Å².